The van der Waals surface area contributed by atoms with Gasteiger partial charge in [0.1, 0.15) is 12.2 Å². The quantitative estimate of drug-likeness (QED) is 0.796. The number of nitriles is 1. The molecule has 2 aliphatic heterocycles. The molecule has 6 nitrogen and oxygen atoms in total. The van der Waals surface area contributed by atoms with Crippen molar-refractivity contribution in [2.45, 2.75) is 37.5 Å². The fraction of sp³-hybridized carbons (Fsp3) is 0.500. The molecule has 29 heavy (non-hydrogen) atoms. The first-order valence-electron chi connectivity index (χ1n) is 10.2. The standard InChI is InChI=1S/C22H26FN5O/c1-26(20-3-2-16-4-7-25-13-17(16)10-20)19-5-8-27(9-6-19)15-22(29)28-14-18(23)11-21(28)12-24/h2-4,7,10,13,18-19,21H,5-6,8-9,11,14-15H2,1H3/t18-,21?/m0/s1. The lowest BCUT2D eigenvalue weighted by molar-refractivity contribution is -0.132. The summed E-state index contributed by atoms with van der Waals surface area (Å²) in [7, 11) is 2.12. The number of hydrogen-bond acceptors (Lipinski definition) is 5. The Morgan fingerprint density at radius 3 is 2.86 bits per heavy atom. The molecule has 1 aromatic carbocycles. The molecule has 0 N–H and O–H groups in total. The van der Waals surface area contributed by atoms with Gasteiger partial charge in [-0.05, 0) is 36.4 Å². The van der Waals surface area contributed by atoms with Crippen molar-refractivity contribution in [1.82, 2.24) is 14.8 Å². The number of hydrogen-bond donors (Lipinski definition) is 0. The summed E-state index contributed by atoms with van der Waals surface area (Å²) in [5, 5.41) is 11.5. The van der Waals surface area contributed by atoms with Crippen molar-refractivity contribution in [3.8, 4) is 6.07 Å². The van der Waals surface area contributed by atoms with Gasteiger partial charge in [-0.2, -0.15) is 5.26 Å². The fourth-order valence-electron chi connectivity index (χ4n) is 4.43. The molecule has 0 aliphatic carbocycles. The van der Waals surface area contributed by atoms with Gasteiger partial charge in [-0.15, -0.1) is 0 Å². The van der Waals surface area contributed by atoms with Gasteiger partial charge in [0, 0.05) is 56.1 Å². The van der Waals surface area contributed by atoms with Gasteiger partial charge in [0.2, 0.25) is 5.91 Å². The first-order valence-corrected chi connectivity index (χ1v) is 10.2. The van der Waals surface area contributed by atoms with E-state index in [4.69, 9.17) is 5.26 Å². The van der Waals surface area contributed by atoms with Gasteiger partial charge in [-0.25, -0.2) is 4.39 Å². The SMILES string of the molecule is CN(c1ccc2ccncc2c1)C1CCN(CC(=O)N2C[C@@H](F)CC2C#N)CC1. The molecule has 0 radical (unpaired) electrons. The molecule has 1 amide bonds. The first kappa shape index (κ1) is 19.6. The Bertz CT molecular complexity index is 921. The number of likely N-dealkylation sites (tertiary alicyclic amines) is 2. The van der Waals surface area contributed by atoms with Gasteiger partial charge in [-0.1, -0.05) is 6.07 Å². The number of aromatic nitrogens is 1. The molecule has 152 valence electrons. The minimum atomic E-state index is -1.08. The third-order valence-corrected chi connectivity index (χ3v) is 6.21. The Labute approximate surface area is 170 Å². The Kier molecular flexibility index (Phi) is 5.63. The number of pyridine rings is 1. The second kappa shape index (κ2) is 8.34. The van der Waals surface area contributed by atoms with Crippen LogP contribution in [0.15, 0.2) is 36.7 Å². The minimum absolute atomic E-state index is 0.0487. The molecule has 0 saturated carbocycles. The first-order chi connectivity index (χ1) is 14.0. The summed E-state index contributed by atoms with van der Waals surface area (Å²) in [6, 6.07) is 10.3. The zero-order valence-corrected chi connectivity index (χ0v) is 16.7. The summed E-state index contributed by atoms with van der Waals surface area (Å²) in [4.78, 5) is 22.6. The van der Waals surface area contributed by atoms with Gasteiger partial charge >= 0.3 is 0 Å². The van der Waals surface area contributed by atoms with Crippen molar-refractivity contribution in [3.05, 3.63) is 36.7 Å². The van der Waals surface area contributed by atoms with E-state index in [0.717, 1.165) is 31.3 Å². The van der Waals surface area contributed by atoms with Gasteiger partial charge in [0.15, 0.2) is 0 Å². The van der Waals surface area contributed by atoms with E-state index in [9.17, 15) is 9.18 Å². The van der Waals surface area contributed by atoms with Crippen molar-refractivity contribution < 1.29 is 9.18 Å². The number of benzene rings is 1. The summed E-state index contributed by atoms with van der Waals surface area (Å²) >= 11 is 0. The number of nitrogens with zero attached hydrogens (tertiary/aromatic N) is 5. The van der Waals surface area contributed by atoms with Crippen molar-refractivity contribution in [2.24, 2.45) is 0 Å². The molecule has 7 heteroatoms. The number of amides is 1. The lowest BCUT2D eigenvalue weighted by Gasteiger charge is -2.38. The zero-order chi connectivity index (χ0) is 20.4. The van der Waals surface area contributed by atoms with E-state index >= 15 is 0 Å². The van der Waals surface area contributed by atoms with Gasteiger partial charge < -0.3 is 9.80 Å². The van der Waals surface area contributed by atoms with Crippen LogP contribution < -0.4 is 4.90 Å². The maximum absolute atomic E-state index is 13.6. The third-order valence-electron chi connectivity index (χ3n) is 6.21. The van der Waals surface area contributed by atoms with E-state index in [1.54, 1.807) is 6.20 Å². The highest BCUT2D eigenvalue weighted by Gasteiger charge is 2.36. The van der Waals surface area contributed by atoms with Gasteiger partial charge in [-0.3, -0.25) is 14.7 Å². The van der Waals surface area contributed by atoms with E-state index in [0.29, 0.717) is 6.04 Å². The van der Waals surface area contributed by atoms with E-state index in [2.05, 4.69) is 46.1 Å². The predicted octanol–water partition coefficient (Wildman–Crippen LogP) is 2.60. The Morgan fingerprint density at radius 1 is 1.31 bits per heavy atom. The maximum atomic E-state index is 13.6. The molecule has 2 saturated heterocycles. The van der Waals surface area contributed by atoms with Gasteiger partial charge in [0.25, 0.3) is 0 Å². The number of halogens is 1. The van der Waals surface area contributed by atoms with E-state index in [1.165, 1.54) is 16.0 Å². The molecule has 2 atom stereocenters. The molecule has 0 spiro atoms. The monoisotopic (exact) mass is 395 g/mol. The Hall–Kier alpha value is -2.72. The number of carbonyl (C=O) groups excluding carboxylic acids is 1. The fourth-order valence-corrected chi connectivity index (χ4v) is 4.43. The van der Waals surface area contributed by atoms with Crippen molar-refractivity contribution in [2.75, 3.05) is 38.1 Å². The van der Waals surface area contributed by atoms with E-state index in [1.807, 2.05) is 12.3 Å². The van der Waals surface area contributed by atoms with E-state index in [-0.39, 0.29) is 25.4 Å². The number of alkyl halides is 1. The van der Waals surface area contributed by atoms with Crippen LogP contribution >= 0.6 is 0 Å². The predicted molar refractivity (Wildman–Crippen MR) is 110 cm³/mol. The highest BCUT2D eigenvalue weighted by molar-refractivity contribution is 5.85. The summed E-state index contributed by atoms with van der Waals surface area (Å²) in [5.74, 6) is -0.134. The van der Waals surface area contributed by atoms with Gasteiger partial charge in [0.05, 0.1) is 19.2 Å². The summed E-state index contributed by atoms with van der Waals surface area (Å²) < 4.78 is 13.6. The highest BCUT2D eigenvalue weighted by atomic mass is 19.1. The van der Waals surface area contributed by atoms with Crippen LogP contribution in [0.5, 0.6) is 0 Å². The summed E-state index contributed by atoms with van der Waals surface area (Å²) in [6.45, 7) is 1.95. The largest absolute Gasteiger partial charge is 0.371 e. The molecule has 3 heterocycles. The third kappa shape index (κ3) is 4.18. The van der Waals surface area contributed by atoms with Crippen LogP contribution in [-0.4, -0.2) is 72.2 Å². The normalized spacial score (nSPS) is 23.3. The summed E-state index contributed by atoms with van der Waals surface area (Å²) in [6.07, 6.45) is 4.66. The highest BCUT2D eigenvalue weighted by Crippen LogP contribution is 2.26. The van der Waals surface area contributed by atoms with Crippen LogP contribution in [0.4, 0.5) is 10.1 Å². The number of rotatable bonds is 4. The van der Waals surface area contributed by atoms with Crippen LogP contribution in [0.1, 0.15) is 19.3 Å². The number of piperidine rings is 1. The Balaban J connectivity index is 1.33. The molecule has 0 bridgehead atoms. The smallest absolute Gasteiger partial charge is 0.237 e. The number of anilines is 1. The van der Waals surface area contributed by atoms with Crippen molar-refractivity contribution >= 4 is 22.4 Å². The molecule has 4 rings (SSSR count). The molecule has 2 aromatic rings. The molecule has 2 aliphatic rings. The van der Waals surface area contributed by atoms with Crippen LogP contribution in [0.3, 0.4) is 0 Å². The van der Waals surface area contributed by atoms with Crippen LogP contribution in [0, 0.1) is 11.3 Å². The average Bonchev–Trinajstić information content (AvgIpc) is 3.14. The minimum Gasteiger partial charge on any atom is -0.371 e. The van der Waals surface area contributed by atoms with Crippen LogP contribution in [-0.2, 0) is 4.79 Å². The lowest BCUT2D eigenvalue weighted by Crippen LogP contribution is -2.48. The number of carbonyl (C=O) groups is 1. The second-order valence-electron chi connectivity index (χ2n) is 8.05. The van der Waals surface area contributed by atoms with Crippen LogP contribution in [0.2, 0.25) is 0 Å². The molecular formula is C22H26FN5O. The molecule has 1 aromatic heterocycles. The topological polar surface area (TPSA) is 63.5 Å². The summed E-state index contributed by atoms with van der Waals surface area (Å²) in [5.41, 5.74) is 1.17. The lowest BCUT2D eigenvalue weighted by atomic mass is 10.0. The molecular weight excluding hydrogens is 369 g/mol. The van der Waals surface area contributed by atoms with Crippen LogP contribution in [0.25, 0.3) is 10.8 Å². The zero-order valence-electron chi connectivity index (χ0n) is 16.7. The van der Waals surface area contributed by atoms with Crippen molar-refractivity contribution in [3.63, 3.8) is 0 Å². The maximum Gasteiger partial charge on any atom is 0.237 e. The Morgan fingerprint density at radius 2 is 2.10 bits per heavy atom. The van der Waals surface area contributed by atoms with E-state index < -0.39 is 12.2 Å². The molecule has 2 fully saturated rings. The average molecular weight is 395 g/mol. The van der Waals surface area contributed by atoms with Crippen molar-refractivity contribution in [1.29, 1.82) is 5.26 Å². The second-order valence-corrected chi connectivity index (χ2v) is 8.05. The molecule has 1 unspecified atom stereocenters. The number of fused-ring (bicyclic) bond motifs is 1.